The zero-order chi connectivity index (χ0) is 18.4. The number of hydrogen-bond donors (Lipinski definition) is 1. The van der Waals surface area contributed by atoms with Crippen molar-refractivity contribution in [2.45, 2.75) is 70.9 Å². The predicted octanol–water partition coefficient (Wildman–Crippen LogP) is 5.07. The molecule has 0 aliphatic carbocycles. The van der Waals surface area contributed by atoms with Crippen molar-refractivity contribution >= 4 is 10.9 Å². The Morgan fingerprint density at radius 2 is 2.07 bits per heavy atom. The fourth-order valence-corrected chi connectivity index (χ4v) is 6.57. The predicted molar refractivity (Wildman–Crippen MR) is 113 cm³/mol. The Bertz CT molecular complexity index is 822. The lowest BCUT2D eigenvalue weighted by Gasteiger charge is -2.57. The monoisotopic (exact) mass is 365 g/mol. The van der Waals surface area contributed by atoms with Gasteiger partial charge in [-0.2, -0.15) is 0 Å². The van der Waals surface area contributed by atoms with E-state index in [1.165, 1.54) is 68.9 Å². The number of fused-ring (bicyclic) bond motifs is 3. The maximum absolute atomic E-state index is 3.80. The molecular weight excluding hydrogens is 330 g/mol. The molecular formula is C24H35N3. The van der Waals surface area contributed by atoms with Gasteiger partial charge in [-0.05, 0) is 68.7 Å². The number of piperidine rings is 1. The van der Waals surface area contributed by atoms with E-state index in [0.29, 0.717) is 17.5 Å². The van der Waals surface area contributed by atoms with Crippen molar-refractivity contribution in [3.8, 4) is 0 Å². The molecule has 5 rings (SSSR count). The molecule has 146 valence electrons. The topological polar surface area (TPSA) is 20.2 Å². The second-order valence-corrected chi connectivity index (χ2v) is 9.17. The summed E-state index contributed by atoms with van der Waals surface area (Å²) >= 11 is 0. The average molecular weight is 366 g/mol. The quantitative estimate of drug-likeness (QED) is 0.722. The molecule has 0 spiro atoms. The van der Waals surface area contributed by atoms with Crippen LogP contribution in [0.1, 0.15) is 75.7 Å². The second-order valence-electron chi connectivity index (χ2n) is 9.17. The molecule has 3 aliphatic rings. The van der Waals surface area contributed by atoms with Crippen molar-refractivity contribution in [2.75, 3.05) is 26.2 Å². The Morgan fingerprint density at radius 3 is 2.93 bits per heavy atom. The van der Waals surface area contributed by atoms with E-state index in [1.54, 1.807) is 11.3 Å². The molecule has 1 fully saturated rings. The highest BCUT2D eigenvalue weighted by Gasteiger charge is 2.52. The van der Waals surface area contributed by atoms with E-state index in [4.69, 9.17) is 0 Å². The fourth-order valence-electron chi connectivity index (χ4n) is 6.57. The second kappa shape index (κ2) is 6.93. The van der Waals surface area contributed by atoms with Crippen LogP contribution in [0.15, 0.2) is 24.3 Å². The van der Waals surface area contributed by atoms with Gasteiger partial charge in [-0.3, -0.25) is 4.90 Å². The van der Waals surface area contributed by atoms with Gasteiger partial charge in [0.25, 0.3) is 0 Å². The van der Waals surface area contributed by atoms with Crippen LogP contribution < -0.4 is 5.32 Å². The van der Waals surface area contributed by atoms with E-state index in [9.17, 15) is 0 Å². The van der Waals surface area contributed by atoms with Crippen LogP contribution in [0.3, 0.4) is 0 Å². The smallest absolute Gasteiger partial charge is 0.0561 e. The molecule has 3 heteroatoms. The maximum Gasteiger partial charge on any atom is 0.0561 e. The number of aromatic nitrogens is 1. The van der Waals surface area contributed by atoms with Crippen LogP contribution in [0.4, 0.5) is 0 Å². The molecule has 1 saturated heterocycles. The van der Waals surface area contributed by atoms with E-state index in [2.05, 4.69) is 52.9 Å². The van der Waals surface area contributed by atoms with Gasteiger partial charge in [0.15, 0.2) is 0 Å². The van der Waals surface area contributed by atoms with Gasteiger partial charge in [-0.15, -0.1) is 0 Å². The first-order chi connectivity index (χ1) is 13.3. The maximum atomic E-state index is 3.80. The van der Waals surface area contributed by atoms with Gasteiger partial charge in [-0.1, -0.05) is 38.5 Å². The molecule has 2 aromatic rings. The number of benzene rings is 1. The summed E-state index contributed by atoms with van der Waals surface area (Å²) in [5, 5.41) is 5.33. The molecule has 1 aromatic heterocycles. The third-order valence-electron chi connectivity index (χ3n) is 7.83. The van der Waals surface area contributed by atoms with Crippen molar-refractivity contribution in [3.05, 3.63) is 35.5 Å². The van der Waals surface area contributed by atoms with Crippen LogP contribution in [0.5, 0.6) is 0 Å². The van der Waals surface area contributed by atoms with Crippen LogP contribution in [-0.4, -0.2) is 35.6 Å². The fraction of sp³-hybridized carbons (Fsp3) is 0.667. The largest absolute Gasteiger partial charge is 0.338 e. The van der Waals surface area contributed by atoms with Gasteiger partial charge in [-0.25, -0.2) is 0 Å². The number of nitrogens with one attached hydrogen (secondary N) is 1. The summed E-state index contributed by atoms with van der Waals surface area (Å²) in [5.41, 5.74) is 5.33. The zero-order valence-corrected chi connectivity index (χ0v) is 17.1. The molecule has 1 unspecified atom stereocenters. The van der Waals surface area contributed by atoms with Gasteiger partial charge >= 0.3 is 0 Å². The van der Waals surface area contributed by atoms with E-state index < -0.39 is 0 Å². The summed E-state index contributed by atoms with van der Waals surface area (Å²) in [6.45, 7) is 9.57. The van der Waals surface area contributed by atoms with Crippen molar-refractivity contribution in [1.29, 1.82) is 0 Å². The zero-order valence-electron chi connectivity index (χ0n) is 17.1. The number of unbranched alkanes of at least 4 members (excludes halogenated alkanes) is 1. The number of rotatable bonds is 6. The molecule has 1 aromatic carbocycles. The number of hydrogen-bond acceptors (Lipinski definition) is 2. The minimum absolute atomic E-state index is 0.481. The Morgan fingerprint density at radius 1 is 1.19 bits per heavy atom. The van der Waals surface area contributed by atoms with Crippen LogP contribution in [0.2, 0.25) is 0 Å². The molecule has 1 N–H and O–H groups in total. The molecule has 27 heavy (non-hydrogen) atoms. The summed E-state index contributed by atoms with van der Waals surface area (Å²) in [6, 6.07) is 10.5. The third-order valence-corrected chi connectivity index (χ3v) is 7.83. The minimum Gasteiger partial charge on any atom is -0.338 e. The molecule has 3 nitrogen and oxygen atoms in total. The first kappa shape index (κ1) is 17.8. The van der Waals surface area contributed by atoms with Gasteiger partial charge in [0.2, 0.25) is 0 Å². The number of para-hydroxylation sites is 1. The summed E-state index contributed by atoms with van der Waals surface area (Å²) in [6.07, 6.45) is 9.25. The van der Waals surface area contributed by atoms with Gasteiger partial charge in [0, 0.05) is 35.7 Å². The van der Waals surface area contributed by atoms with Crippen LogP contribution >= 0.6 is 0 Å². The summed E-state index contributed by atoms with van der Waals surface area (Å²) in [7, 11) is 0. The summed E-state index contributed by atoms with van der Waals surface area (Å²) < 4.78 is 2.78. The Balaban J connectivity index is 1.64. The van der Waals surface area contributed by atoms with Crippen molar-refractivity contribution < 1.29 is 0 Å². The molecule has 0 saturated carbocycles. The molecule has 3 aliphatic heterocycles. The van der Waals surface area contributed by atoms with Crippen molar-refractivity contribution in [2.24, 2.45) is 5.41 Å². The average Bonchev–Trinajstić information content (AvgIpc) is 3.05. The van der Waals surface area contributed by atoms with Crippen molar-refractivity contribution in [3.63, 3.8) is 0 Å². The van der Waals surface area contributed by atoms with Crippen molar-refractivity contribution in [1.82, 2.24) is 14.8 Å². The summed E-state index contributed by atoms with van der Waals surface area (Å²) in [4.78, 5) is 2.84. The van der Waals surface area contributed by atoms with Crippen LogP contribution in [-0.2, 0) is 6.42 Å². The molecule has 3 atom stereocenters. The summed E-state index contributed by atoms with van der Waals surface area (Å²) in [5.74, 6) is 0. The lowest BCUT2D eigenvalue weighted by molar-refractivity contribution is -0.0355. The minimum atomic E-state index is 0.481. The molecule has 4 heterocycles. The standard InChI is InChI=1S/C24H35N3/c1-3-5-13-25-17-18-16-24(4-2)12-8-14-26-15-11-20-19-9-6-7-10-21(19)27(18)22(20)23(24)26/h6-7,9-10,18,23,25H,3-5,8,11-17H2,1-2H3/t18?,23-,24+/m1/s1. The highest BCUT2D eigenvalue weighted by atomic mass is 15.2. The van der Waals surface area contributed by atoms with E-state index in [1.807, 2.05) is 0 Å². The van der Waals surface area contributed by atoms with Crippen LogP contribution in [0.25, 0.3) is 10.9 Å². The SMILES string of the molecule is CCCCNCC1C[C@]2(CC)CCCN3CCc4c(n1c1ccccc41)[C@@H]32. The highest BCUT2D eigenvalue weighted by Crippen LogP contribution is 2.59. The third kappa shape index (κ3) is 2.61. The molecule has 0 bridgehead atoms. The first-order valence-corrected chi connectivity index (χ1v) is 11.4. The lowest BCUT2D eigenvalue weighted by atomic mass is 9.63. The lowest BCUT2D eigenvalue weighted by Crippen LogP contribution is -2.53. The Hall–Kier alpha value is -1.32. The highest BCUT2D eigenvalue weighted by molar-refractivity contribution is 5.86. The first-order valence-electron chi connectivity index (χ1n) is 11.4. The van der Waals surface area contributed by atoms with E-state index >= 15 is 0 Å². The Labute approximate surface area is 164 Å². The Kier molecular flexibility index (Phi) is 4.56. The van der Waals surface area contributed by atoms with Gasteiger partial charge in [0.1, 0.15) is 0 Å². The van der Waals surface area contributed by atoms with Gasteiger partial charge < -0.3 is 9.88 Å². The van der Waals surface area contributed by atoms with E-state index in [-0.39, 0.29) is 0 Å². The number of nitrogens with zero attached hydrogens (tertiary/aromatic N) is 2. The molecule has 0 radical (unpaired) electrons. The van der Waals surface area contributed by atoms with E-state index in [0.717, 1.165) is 13.1 Å². The van der Waals surface area contributed by atoms with Gasteiger partial charge in [0.05, 0.1) is 6.04 Å². The van der Waals surface area contributed by atoms with Crippen LogP contribution in [0, 0.1) is 5.41 Å². The normalized spacial score (nSPS) is 29.9. The molecule has 0 amide bonds.